The van der Waals surface area contributed by atoms with E-state index in [0.29, 0.717) is 49.2 Å². The molecule has 0 N–H and O–H groups in total. The summed E-state index contributed by atoms with van der Waals surface area (Å²) in [7, 11) is 2.10. The predicted octanol–water partition coefficient (Wildman–Crippen LogP) is 5.98. The zero-order valence-electron chi connectivity index (χ0n) is 28.1. The summed E-state index contributed by atoms with van der Waals surface area (Å²) in [5.41, 5.74) is 3.21. The van der Waals surface area contributed by atoms with Gasteiger partial charge in [0.25, 0.3) is 0 Å². The van der Waals surface area contributed by atoms with Crippen molar-refractivity contribution in [2.24, 2.45) is 0 Å². The van der Waals surface area contributed by atoms with Crippen LogP contribution in [0.1, 0.15) is 42.5 Å². The van der Waals surface area contributed by atoms with Gasteiger partial charge in [-0.25, -0.2) is 4.79 Å². The first kappa shape index (κ1) is 33.6. The summed E-state index contributed by atoms with van der Waals surface area (Å²) in [6.45, 7) is 3.04. The number of anilines is 2. The Morgan fingerprint density at radius 1 is 1.00 bits per heavy atom. The molecule has 50 heavy (non-hydrogen) atoms. The zero-order chi connectivity index (χ0) is 34.6. The number of hydrogen-bond donors (Lipinski definition) is 0. The second-order valence-corrected chi connectivity index (χ2v) is 13.5. The Morgan fingerprint density at radius 2 is 1.82 bits per heavy atom. The van der Waals surface area contributed by atoms with Gasteiger partial charge >= 0.3 is 12.1 Å². The SMILES string of the molecule is CN1CCC[C@H]1COc1nc2c(c(N3CCN(C(=O)OCc4ccccc4)[C@@H](CC#N)C3)n1)CCC(=O)N(c1cccc3cccc(Cl)c13)C2. The third-order valence-electron chi connectivity index (χ3n) is 10.00. The van der Waals surface area contributed by atoms with Crippen LogP contribution in [0.5, 0.6) is 6.01 Å². The lowest BCUT2D eigenvalue weighted by Gasteiger charge is -2.41. The van der Waals surface area contributed by atoms with Crippen molar-refractivity contribution in [2.75, 3.05) is 49.6 Å². The minimum Gasteiger partial charge on any atom is -0.462 e. The molecule has 2 amide bonds. The molecule has 3 aromatic carbocycles. The summed E-state index contributed by atoms with van der Waals surface area (Å²) in [5, 5.41) is 12.1. The third kappa shape index (κ3) is 7.04. The second-order valence-electron chi connectivity index (χ2n) is 13.1. The fourth-order valence-electron chi connectivity index (χ4n) is 7.26. The Kier molecular flexibility index (Phi) is 10.0. The van der Waals surface area contributed by atoms with Crippen LogP contribution >= 0.6 is 11.6 Å². The molecule has 0 unspecified atom stereocenters. The van der Waals surface area contributed by atoms with Gasteiger partial charge in [0, 0.05) is 43.0 Å². The lowest BCUT2D eigenvalue weighted by Crippen LogP contribution is -2.55. The molecule has 4 heterocycles. The van der Waals surface area contributed by atoms with E-state index in [1.165, 1.54) is 0 Å². The number of hydrogen-bond acceptors (Lipinski definition) is 9. The minimum absolute atomic E-state index is 0.0373. The molecular formula is C38H40ClN7O4. The molecule has 7 rings (SSSR count). The molecule has 3 aliphatic rings. The molecule has 11 nitrogen and oxygen atoms in total. The first-order valence-electron chi connectivity index (χ1n) is 17.2. The van der Waals surface area contributed by atoms with Crippen LogP contribution in [0.15, 0.2) is 66.7 Å². The summed E-state index contributed by atoms with van der Waals surface area (Å²) in [5.74, 6) is 0.639. The Hall–Kier alpha value is -4.92. The number of carbonyl (C=O) groups is 2. The van der Waals surface area contributed by atoms with E-state index in [1.807, 2.05) is 66.7 Å². The molecule has 258 valence electrons. The second kappa shape index (κ2) is 14.9. The number of amides is 2. The highest BCUT2D eigenvalue weighted by Gasteiger charge is 2.35. The van der Waals surface area contributed by atoms with Crippen LogP contribution in [0.4, 0.5) is 16.3 Å². The number of aromatic nitrogens is 2. The molecule has 0 bridgehead atoms. The maximum absolute atomic E-state index is 13.9. The summed E-state index contributed by atoms with van der Waals surface area (Å²) in [6.07, 6.45) is 2.53. The van der Waals surface area contributed by atoms with E-state index >= 15 is 0 Å². The van der Waals surface area contributed by atoms with Crippen molar-refractivity contribution in [3.05, 3.63) is 88.6 Å². The monoisotopic (exact) mass is 693 g/mol. The maximum Gasteiger partial charge on any atom is 0.410 e. The average Bonchev–Trinajstić information content (AvgIpc) is 3.47. The normalized spacial score (nSPS) is 19.6. The number of benzene rings is 3. The molecule has 1 aromatic heterocycles. The zero-order valence-corrected chi connectivity index (χ0v) is 28.9. The lowest BCUT2D eigenvalue weighted by atomic mass is 10.1. The topological polar surface area (TPSA) is 115 Å². The van der Waals surface area contributed by atoms with Gasteiger partial charge in [0.15, 0.2) is 0 Å². The lowest BCUT2D eigenvalue weighted by molar-refractivity contribution is -0.118. The summed E-state index contributed by atoms with van der Waals surface area (Å²) in [6, 6.07) is 23.5. The van der Waals surface area contributed by atoms with Gasteiger partial charge in [0.05, 0.1) is 41.5 Å². The van der Waals surface area contributed by atoms with Gasteiger partial charge in [0.1, 0.15) is 19.0 Å². The van der Waals surface area contributed by atoms with Gasteiger partial charge < -0.3 is 29.1 Å². The minimum atomic E-state index is -0.449. The molecule has 0 saturated carbocycles. The molecule has 0 spiro atoms. The van der Waals surface area contributed by atoms with Crippen LogP contribution in [0.25, 0.3) is 10.8 Å². The van der Waals surface area contributed by atoms with Crippen molar-refractivity contribution in [3.8, 4) is 12.1 Å². The van der Waals surface area contributed by atoms with E-state index in [4.69, 9.17) is 31.0 Å². The first-order chi connectivity index (χ1) is 24.4. The molecule has 0 radical (unpaired) electrons. The standard InChI is InChI=1S/C38H40ClN7O4/c1-43-19-7-12-29(43)25-49-37-41-32-23-46(33-14-6-11-27-10-5-13-31(39)35(27)33)34(47)16-15-30(32)36(42-37)44-20-21-45(28(22-44)17-18-40)38(48)50-24-26-8-3-2-4-9-26/h2-6,8-11,13-14,28-29H,7,12,15-17,19-25H2,1H3/t28-,29-/m0/s1. The van der Waals surface area contributed by atoms with E-state index in [9.17, 15) is 14.9 Å². The van der Waals surface area contributed by atoms with E-state index in [2.05, 4.69) is 22.9 Å². The molecule has 2 saturated heterocycles. The Balaban J connectivity index is 1.20. The number of rotatable bonds is 8. The highest BCUT2D eigenvalue weighted by Crippen LogP contribution is 2.37. The Bertz CT molecular complexity index is 1910. The van der Waals surface area contributed by atoms with Crippen molar-refractivity contribution in [1.29, 1.82) is 5.26 Å². The molecule has 4 aromatic rings. The van der Waals surface area contributed by atoms with Crippen LogP contribution in [0.3, 0.4) is 0 Å². The van der Waals surface area contributed by atoms with E-state index in [0.717, 1.165) is 47.0 Å². The quantitative estimate of drug-likeness (QED) is 0.220. The fraction of sp³-hybridized carbons (Fsp3) is 0.395. The molecular weight excluding hydrogens is 654 g/mol. The smallest absolute Gasteiger partial charge is 0.410 e. The number of ether oxygens (including phenoxy) is 2. The largest absolute Gasteiger partial charge is 0.462 e. The molecule has 2 fully saturated rings. The number of piperazine rings is 1. The van der Waals surface area contributed by atoms with Crippen LogP contribution in [0.2, 0.25) is 5.02 Å². The van der Waals surface area contributed by atoms with Gasteiger partial charge in [-0.1, -0.05) is 66.2 Å². The van der Waals surface area contributed by atoms with Crippen molar-refractivity contribution in [2.45, 2.75) is 57.3 Å². The molecule has 0 aliphatic carbocycles. The Morgan fingerprint density at radius 3 is 2.60 bits per heavy atom. The highest BCUT2D eigenvalue weighted by molar-refractivity contribution is 6.37. The van der Waals surface area contributed by atoms with Gasteiger partial charge in [-0.05, 0) is 55.9 Å². The molecule has 3 aliphatic heterocycles. The van der Waals surface area contributed by atoms with Crippen molar-refractivity contribution in [1.82, 2.24) is 19.8 Å². The van der Waals surface area contributed by atoms with Crippen LogP contribution in [-0.4, -0.2) is 83.7 Å². The summed E-state index contributed by atoms with van der Waals surface area (Å²) in [4.78, 5) is 44.8. The molecule has 2 atom stereocenters. The van der Waals surface area contributed by atoms with Crippen LogP contribution in [0, 0.1) is 11.3 Å². The van der Waals surface area contributed by atoms with E-state index < -0.39 is 12.1 Å². The number of nitrogens with zero attached hydrogens (tertiary/aromatic N) is 7. The number of likely N-dealkylation sites (N-methyl/N-ethyl adjacent to an activating group) is 1. The maximum atomic E-state index is 13.9. The van der Waals surface area contributed by atoms with Crippen LogP contribution < -0.4 is 14.5 Å². The molecule has 12 heteroatoms. The van der Waals surface area contributed by atoms with Crippen molar-refractivity contribution >= 4 is 45.9 Å². The average molecular weight is 694 g/mol. The van der Waals surface area contributed by atoms with E-state index in [-0.39, 0.29) is 44.0 Å². The number of nitriles is 1. The van der Waals surface area contributed by atoms with Crippen LogP contribution in [-0.2, 0) is 29.1 Å². The number of fused-ring (bicyclic) bond motifs is 2. The van der Waals surface area contributed by atoms with Gasteiger partial charge in [-0.3, -0.25) is 4.79 Å². The predicted molar refractivity (Wildman–Crippen MR) is 191 cm³/mol. The van der Waals surface area contributed by atoms with Crippen molar-refractivity contribution < 1.29 is 19.1 Å². The number of likely N-dealkylation sites (tertiary alicyclic amines) is 1. The van der Waals surface area contributed by atoms with Crippen molar-refractivity contribution in [3.63, 3.8) is 0 Å². The van der Waals surface area contributed by atoms with Gasteiger partial charge in [-0.15, -0.1) is 0 Å². The van der Waals surface area contributed by atoms with Gasteiger partial charge in [0.2, 0.25) is 5.91 Å². The Labute approximate surface area is 297 Å². The van der Waals surface area contributed by atoms with Gasteiger partial charge in [-0.2, -0.15) is 15.2 Å². The fourth-order valence-corrected chi connectivity index (χ4v) is 7.54. The highest BCUT2D eigenvalue weighted by atomic mass is 35.5. The summed E-state index contributed by atoms with van der Waals surface area (Å²) < 4.78 is 12.0. The number of halogens is 1. The summed E-state index contributed by atoms with van der Waals surface area (Å²) >= 11 is 6.71. The third-order valence-corrected chi connectivity index (χ3v) is 10.3. The number of carbonyl (C=O) groups excluding carboxylic acids is 2. The van der Waals surface area contributed by atoms with E-state index in [1.54, 1.807) is 9.80 Å². The first-order valence-corrected chi connectivity index (χ1v) is 17.6.